The van der Waals surface area contributed by atoms with Crippen molar-refractivity contribution >= 4 is 15.8 Å². The maximum atomic E-state index is 13.7. The molecule has 26 heavy (non-hydrogen) atoms. The van der Waals surface area contributed by atoms with Gasteiger partial charge in [-0.3, -0.25) is 4.79 Å². The van der Waals surface area contributed by atoms with E-state index in [1.807, 2.05) is 6.92 Å². The van der Waals surface area contributed by atoms with Crippen molar-refractivity contribution in [1.82, 2.24) is 0 Å². The molecule has 138 valence electrons. The summed E-state index contributed by atoms with van der Waals surface area (Å²) >= 11 is 0. The van der Waals surface area contributed by atoms with Gasteiger partial charge in [0.2, 0.25) is 0 Å². The highest BCUT2D eigenvalue weighted by molar-refractivity contribution is 7.92. The Morgan fingerprint density at radius 1 is 1.23 bits per heavy atom. The number of carboxylic acid groups (broad SMARTS) is 1. The van der Waals surface area contributed by atoms with Gasteiger partial charge in [-0.15, -0.1) is 0 Å². The molecular weight excluding hydrogens is 359 g/mol. The molecule has 1 aliphatic rings. The molecule has 0 radical (unpaired) electrons. The second kappa shape index (κ2) is 6.48. The first-order chi connectivity index (χ1) is 12.2. The van der Waals surface area contributed by atoms with E-state index in [1.165, 1.54) is 37.4 Å². The van der Waals surface area contributed by atoms with Crippen molar-refractivity contribution in [3.8, 4) is 0 Å². The number of hydrogen-bond acceptors (Lipinski definition) is 4. The number of carboxylic acids is 1. The lowest BCUT2D eigenvalue weighted by Gasteiger charge is -2.12. The number of methoxy groups -OCH3 is 1. The summed E-state index contributed by atoms with van der Waals surface area (Å²) in [6.07, 6.45) is 0. The number of hydrogen-bond donors (Lipinski definition) is 1. The predicted octanol–water partition coefficient (Wildman–Crippen LogP) is 2.79. The Kier molecular flexibility index (Phi) is 4.62. The quantitative estimate of drug-likeness (QED) is 0.836. The number of aryl methyl sites for hydroxylation is 1. The Balaban J connectivity index is 2.13. The zero-order valence-corrected chi connectivity index (χ0v) is 15.2. The van der Waals surface area contributed by atoms with Gasteiger partial charge in [0, 0.05) is 13.0 Å². The van der Waals surface area contributed by atoms with Crippen LogP contribution >= 0.6 is 0 Å². The summed E-state index contributed by atoms with van der Waals surface area (Å²) in [4.78, 5) is 12.1. The molecule has 5 nitrogen and oxygen atoms in total. The van der Waals surface area contributed by atoms with Crippen LogP contribution < -0.4 is 0 Å². The normalized spacial score (nSPS) is 25.0. The minimum atomic E-state index is -3.95. The van der Waals surface area contributed by atoms with Gasteiger partial charge in [0.05, 0.1) is 16.8 Å². The van der Waals surface area contributed by atoms with Gasteiger partial charge in [-0.25, -0.2) is 12.8 Å². The van der Waals surface area contributed by atoms with E-state index in [4.69, 9.17) is 4.74 Å². The van der Waals surface area contributed by atoms with Crippen molar-refractivity contribution < 1.29 is 27.4 Å². The summed E-state index contributed by atoms with van der Waals surface area (Å²) in [6.45, 7) is 1.55. The fourth-order valence-electron chi connectivity index (χ4n) is 3.63. The fraction of sp³-hybridized carbons (Fsp3) is 0.316. The number of benzene rings is 2. The minimum absolute atomic E-state index is 0.0498. The first kappa shape index (κ1) is 18.5. The predicted molar refractivity (Wildman–Crippen MR) is 93.2 cm³/mol. The van der Waals surface area contributed by atoms with Crippen LogP contribution in [0.3, 0.4) is 0 Å². The summed E-state index contributed by atoms with van der Waals surface area (Å²) < 4.78 is 45.0. The summed E-state index contributed by atoms with van der Waals surface area (Å²) in [5.41, 5.74) is -0.417. The lowest BCUT2D eigenvalue weighted by molar-refractivity contribution is -0.145. The molecule has 3 atom stereocenters. The van der Waals surface area contributed by atoms with Crippen LogP contribution in [-0.4, -0.2) is 38.5 Å². The van der Waals surface area contributed by atoms with Crippen molar-refractivity contribution in [3.05, 3.63) is 65.5 Å². The lowest BCUT2D eigenvalue weighted by Crippen LogP contribution is -2.28. The molecule has 0 aromatic heterocycles. The topological polar surface area (TPSA) is 80.7 Å². The van der Waals surface area contributed by atoms with Crippen molar-refractivity contribution in [1.29, 1.82) is 0 Å². The minimum Gasteiger partial charge on any atom is -0.481 e. The van der Waals surface area contributed by atoms with E-state index in [-0.39, 0.29) is 11.5 Å². The van der Waals surface area contributed by atoms with Crippen molar-refractivity contribution in [2.45, 2.75) is 23.0 Å². The van der Waals surface area contributed by atoms with Gasteiger partial charge in [0.25, 0.3) is 0 Å². The van der Waals surface area contributed by atoms with E-state index in [1.54, 1.807) is 18.2 Å². The van der Waals surface area contributed by atoms with Crippen LogP contribution in [0.5, 0.6) is 0 Å². The number of aliphatic carboxylic acids is 1. The van der Waals surface area contributed by atoms with E-state index in [0.29, 0.717) is 5.56 Å². The monoisotopic (exact) mass is 378 g/mol. The molecule has 0 unspecified atom stereocenters. The maximum Gasteiger partial charge on any atom is 0.314 e. The first-order valence-electron chi connectivity index (χ1n) is 8.03. The van der Waals surface area contributed by atoms with Crippen molar-refractivity contribution in [3.63, 3.8) is 0 Å². The Bertz CT molecular complexity index is 939. The maximum absolute atomic E-state index is 13.7. The lowest BCUT2D eigenvalue weighted by atomic mass is 10.00. The van der Waals surface area contributed by atoms with Gasteiger partial charge >= 0.3 is 5.97 Å². The van der Waals surface area contributed by atoms with Crippen molar-refractivity contribution in [2.75, 3.05) is 13.7 Å². The van der Waals surface area contributed by atoms with Crippen molar-refractivity contribution in [2.24, 2.45) is 5.41 Å². The van der Waals surface area contributed by atoms with E-state index in [2.05, 4.69) is 0 Å². The van der Waals surface area contributed by atoms with Crippen LogP contribution in [0.1, 0.15) is 17.0 Å². The summed E-state index contributed by atoms with van der Waals surface area (Å²) in [5, 5.41) is 8.60. The average molecular weight is 378 g/mol. The second-order valence-corrected chi connectivity index (χ2v) is 8.66. The number of sulfone groups is 1. The van der Waals surface area contributed by atoms with Crippen LogP contribution in [0.4, 0.5) is 4.39 Å². The Morgan fingerprint density at radius 2 is 1.88 bits per heavy atom. The fourth-order valence-corrected chi connectivity index (χ4v) is 5.99. The molecule has 0 saturated heterocycles. The molecule has 1 fully saturated rings. The van der Waals surface area contributed by atoms with Crippen LogP contribution in [0.2, 0.25) is 0 Å². The van der Waals surface area contributed by atoms with Gasteiger partial charge < -0.3 is 9.84 Å². The third-order valence-electron chi connectivity index (χ3n) is 4.93. The molecule has 1 aliphatic carbocycles. The summed E-state index contributed by atoms with van der Waals surface area (Å²) in [5.74, 6) is -2.70. The Morgan fingerprint density at radius 3 is 2.42 bits per heavy atom. The Labute approximate surface area is 151 Å². The van der Waals surface area contributed by atoms with E-state index in [0.717, 1.165) is 5.56 Å². The summed E-state index contributed by atoms with van der Waals surface area (Å²) in [6, 6.07) is 11.6. The molecule has 1 saturated carbocycles. The van der Waals surface area contributed by atoms with E-state index < -0.39 is 38.2 Å². The highest BCUT2D eigenvalue weighted by atomic mass is 32.2. The van der Waals surface area contributed by atoms with Crippen LogP contribution in [-0.2, 0) is 19.4 Å². The SMILES string of the molecule is COC[C@]1(C(=O)O)[C@H](c2cccc(F)c2)[C@@H]1S(=O)(=O)c1ccc(C)cc1. The number of carbonyl (C=O) groups is 1. The second-order valence-electron chi connectivity index (χ2n) is 6.59. The average Bonchev–Trinajstić information content (AvgIpc) is 3.27. The van der Waals surface area contributed by atoms with E-state index >= 15 is 0 Å². The van der Waals surface area contributed by atoms with Crippen LogP contribution in [0.25, 0.3) is 0 Å². The highest BCUT2D eigenvalue weighted by Gasteiger charge is 2.76. The first-order valence-corrected chi connectivity index (χ1v) is 9.58. The molecule has 0 amide bonds. The largest absolute Gasteiger partial charge is 0.481 e. The van der Waals surface area contributed by atoms with Gasteiger partial charge in [-0.2, -0.15) is 0 Å². The number of halogens is 1. The molecule has 0 heterocycles. The third kappa shape index (κ3) is 2.81. The molecule has 2 aromatic rings. The van der Waals surface area contributed by atoms with Gasteiger partial charge in [-0.05, 0) is 36.8 Å². The molecule has 0 bridgehead atoms. The smallest absolute Gasteiger partial charge is 0.314 e. The molecule has 2 aromatic carbocycles. The zero-order valence-electron chi connectivity index (χ0n) is 14.3. The van der Waals surface area contributed by atoms with E-state index in [9.17, 15) is 22.7 Å². The van der Waals surface area contributed by atoms with Crippen LogP contribution in [0, 0.1) is 18.2 Å². The van der Waals surface area contributed by atoms with Crippen LogP contribution in [0.15, 0.2) is 53.4 Å². The number of ether oxygens (including phenoxy) is 1. The molecule has 0 spiro atoms. The summed E-state index contributed by atoms with van der Waals surface area (Å²) in [7, 11) is -2.63. The highest BCUT2D eigenvalue weighted by Crippen LogP contribution is 2.64. The standard InChI is InChI=1S/C19H19FO5S/c1-12-6-8-15(9-7-12)26(23,24)17-16(13-4-3-5-14(20)10-13)19(17,11-25-2)18(21)22/h3-10,16-17H,11H2,1-2H3,(H,21,22)/t16-,17+,19+/m1/s1. The zero-order chi connectivity index (χ0) is 19.1. The molecule has 3 rings (SSSR count). The van der Waals surface area contributed by atoms with Gasteiger partial charge in [-0.1, -0.05) is 29.8 Å². The van der Waals surface area contributed by atoms with Gasteiger partial charge in [0.1, 0.15) is 11.2 Å². The molecule has 7 heteroatoms. The van der Waals surface area contributed by atoms with Gasteiger partial charge in [0.15, 0.2) is 9.84 Å². The number of rotatable bonds is 6. The molecule has 0 aliphatic heterocycles. The molecule has 1 N–H and O–H groups in total. The Hall–Kier alpha value is -2.25. The third-order valence-corrected chi connectivity index (χ3v) is 7.22. The molecular formula is C19H19FO5S.